The summed E-state index contributed by atoms with van der Waals surface area (Å²) in [7, 11) is 2.98. The van der Waals surface area contributed by atoms with Crippen LogP contribution in [-0.2, 0) is 16.1 Å². The van der Waals surface area contributed by atoms with Crippen molar-refractivity contribution in [2.24, 2.45) is 5.92 Å². The number of hydrogen-bond acceptors (Lipinski definition) is 8. The molecule has 2 aromatic carbocycles. The number of benzene rings is 2. The Morgan fingerprint density at radius 1 is 1.11 bits per heavy atom. The van der Waals surface area contributed by atoms with E-state index >= 15 is 0 Å². The number of carbonyl (C=O) groups excluding carboxylic acids is 2. The molecule has 1 atom stereocenters. The van der Waals surface area contributed by atoms with Gasteiger partial charge < -0.3 is 24.8 Å². The SMILES string of the molecule is COc1ccc([C@@H](C(=O)NCCC(C)C)N(CCO)C(=O)Cn2nnc(-c3ccc(F)cc3)n2)cc1OC. The van der Waals surface area contributed by atoms with Gasteiger partial charge in [-0.05, 0) is 59.5 Å². The molecule has 1 aromatic heterocycles. The van der Waals surface area contributed by atoms with Crippen molar-refractivity contribution < 1.29 is 28.6 Å². The van der Waals surface area contributed by atoms with Gasteiger partial charge in [0.05, 0.1) is 20.8 Å². The first-order chi connectivity index (χ1) is 18.3. The average molecular weight is 529 g/mol. The Hall–Kier alpha value is -4.06. The Bertz CT molecular complexity index is 1220. The highest BCUT2D eigenvalue weighted by molar-refractivity contribution is 5.89. The number of aliphatic hydroxyl groups is 1. The van der Waals surface area contributed by atoms with Crippen LogP contribution in [0.3, 0.4) is 0 Å². The van der Waals surface area contributed by atoms with E-state index in [9.17, 15) is 19.1 Å². The van der Waals surface area contributed by atoms with Crippen molar-refractivity contribution in [2.75, 3.05) is 33.9 Å². The summed E-state index contributed by atoms with van der Waals surface area (Å²) in [5.74, 6) is 0.134. The number of nitrogens with zero attached hydrogens (tertiary/aromatic N) is 5. The Morgan fingerprint density at radius 3 is 2.45 bits per heavy atom. The number of ether oxygens (including phenoxy) is 2. The molecule has 0 spiro atoms. The lowest BCUT2D eigenvalue weighted by Gasteiger charge is -2.31. The van der Waals surface area contributed by atoms with Gasteiger partial charge in [0.1, 0.15) is 18.4 Å². The van der Waals surface area contributed by atoms with Gasteiger partial charge in [-0.3, -0.25) is 9.59 Å². The number of amides is 2. The zero-order valence-electron chi connectivity index (χ0n) is 21.9. The fraction of sp³-hybridized carbons (Fsp3) is 0.423. The van der Waals surface area contributed by atoms with Crippen LogP contribution >= 0.6 is 0 Å². The molecule has 3 rings (SSSR count). The summed E-state index contributed by atoms with van der Waals surface area (Å²) >= 11 is 0. The Balaban J connectivity index is 1.90. The predicted octanol–water partition coefficient (Wildman–Crippen LogP) is 2.22. The maximum absolute atomic E-state index is 13.5. The first-order valence-electron chi connectivity index (χ1n) is 12.2. The molecule has 0 fully saturated rings. The Morgan fingerprint density at radius 2 is 1.82 bits per heavy atom. The molecule has 2 amide bonds. The van der Waals surface area contributed by atoms with Crippen LogP contribution in [0.1, 0.15) is 31.9 Å². The van der Waals surface area contributed by atoms with Crippen LogP contribution in [-0.4, -0.2) is 75.9 Å². The summed E-state index contributed by atoms with van der Waals surface area (Å²) in [5, 5.41) is 24.8. The molecule has 0 aliphatic heterocycles. The summed E-state index contributed by atoms with van der Waals surface area (Å²) in [6, 6.07) is 9.44. The fourth-order valence-electron chi connectivity index (χ4n) is 3.82. The first kappa shape index (κ1) is 28.5. The van der Waals surface area contributed by atoms with Gasteiger partial charge in [-0.2, -0.15) is 4.80 Å². The molecule has 0 saturated carbocycles. The van der Waals surface area contributed by atoms with Crippen LogP contribution < -0.4 is 14.8 Å². The molecule has 38 heavy (non-hydrogen) atoms. The highest BCUT2D eigenvalue weighted by atomic mass is 19.1. The number of methoxy groups -OCH3 is 2. The van der Waals surface area contributed by atoms with Crippen molar-refractivity contribution >= 4 is 11.8 Å². The van der Waals surface area contributed by atoms with Gasteiger partial charge in [0.15, 0.2) is 11.5 Å². The first-order valence-corrected chi connectivity index (χ1v) is 12.2. The smallest absolute Gasteiger partial charge is 0.247 e. The third kappa shape index (κ3) is 7.25. The van der Waals surface area contributed by atoms with Crippen LogP contribution in [0.15, 0.2) is 42.5 Å². The number of halogens is 1. The lowest BCUT2D eigenvalue weighted by atomic mass is 10.0. The molecule has 0 saturated heterocycles. The standard InChI is InChI=1S/C26H33FN6O5/c1-17(2)11-12-28-26(36)24(19-7-10-21(37-3)22(15-19)38-4)32(13-14-34)23(35)16-33-30-25(29-31-33)18-5-8-20(27)9-6-18/h5-10,15,17,24,34H,11-14,16H2,1-4H3,(H,28,36)/t24-/m0/s1. The second-order valence-corrected chi connectivity index (χ2v) is 8.95. The average Bonchev–Trinajstić information content (AvgIpc) is 3.36. The maximum atomic E-state index is 13.5. The largest absolute Gasteiger partial charge is 0.493 e. The van der Waals surface area contributed by atoms with Crippen molar-refractivity contribution in [3.05, 3.63) is 53.8 Å². The predicted molar refractivity (Wildman–Crippen MR) is 137 cm³/mol. The van der Waals surface area contributed by atoms with Crippen LogP contribution in [0.4, 0.5) is 4.39 Å². The van der Waals surface area contributed by atoms with E-state index in [2.05, 4.69) is 20.7 Å². The monoisotopic (exact) mass is 528 g/mol. The molecule has 1 heterocycles. The normalized spacial score (nSPS) is 11.8. The van der Waals surface area contributed by atoms with E-state index in [0.29, 0.717) is 35.1 Å². The summed E-state index contributed by atoms with van der Waals surface area (Å²) < 4.78 is 24.0. The Labute approximate surface area is 220 Å². The molecule has 0 bridgehead atoms. The highest BCUT2D eigenvalue weighted by Gasteiger charge is 2.32. The summed E-state index contributed by atoms with van der Waals surface area (Å²) in [5.41, 5.74) is 1.01. The molecular weight excluding hydrogens is 495 g/mol. The van der Waals surface area contributed by atoms with Crippen LogP contribution in [0.25, 0.3) is 11.4 Å². The van der Waals surface area contributed by atoms with E-state index in [4.69, 9.17) is 9.47 Å². The van der Waals surface area contributed by atoms with Gasteiger partial charge in [0, 0.05) is 18.7 Å². The number of aliphatic hydroxyl groups excluding tert-OH is 1. The topological polar surface area (TPSA) is 132 Å². The van der Waals surface area contributed by atoms with Crippen molar-refractivity contribution in [3.8, 4) is 22.9 Å². The van der Waals surface area contributed by atoms with E-state index in [1.807, 2.05) is 13.8 Å². The Kier molecular flexibility index (Phi) is 10.1. The number of carbonyl (C=O) groups is 2. The lowest BCUT2D eigenvalue weighted by molar-refractivity contribution is -0.142. The van der Waals surface area contributed by atoms with Gasteiger partial charge in [-0.15, -0.1) is 10.2 Å². The van der Waals surface area contributed by atoms with Crippen molar-refractivity contribution in [3.63, 3.8) is 0 Å². The summed E-state index contributed by atoms with van der Waals surface area (Å²) in [6.45, 7) is 3.69. The minimum Gasteiger partial charge on any atom is -0.493 e. The van der Waals surface area contributed by atoms with E-state index in [0.717, 1.165) is 11.2 Å². The molecule has 204 valence electrons. The quantitative estimate of drug-likeness (QED) is 0.345. The number of tetrazole rings is 1. The second-order valence-electron chi connectivity index (χ2n) is 8.95. The fourth-order valence-corrected chi connectivity index (χ4v) is 3.82. The van der Waals surface area contributed by atoms with Gasteiger partial charge in [-0.1, -0.05) is 19.9 Å². The number of hydrogen-bond donors (Lipinski definition) is 2. The second kappa shape index (κ2) is 13.5. The van der Waals surface area contributed by atoms with E-state index in [1.54, 1.807) is 18.2 Å². The van der Waals surface area contributed by atoms with E-state index in [-0.39, 0.29) is 25.5 Å². The van der Waals surface area contributed by atoms with Crippen LogP contribution in [0, 0.1) is 11.7 Å². The number of aromatic nitrogens is 4. The van der Waals surface area contributed by atoms with Gasteiger partial charge in [0.25, 0.3) is 0 Å². The van der Waals surface area contributed by atoms with E-state index < -0.39 is 23.7 Å². The van der Waals surface area contributed by atoms with Gasteiger partial charge in [0.2, 0.25) is 17.6 Å². The molecule has 0 aliphatic rings. The molecule has 3 aromatic rings. The van der Waals surface area contributed by atoms with Crippen molar-refractivity contribution in [2.45, 2.75) is 32.9 Å². The van der Waals surface area contributed by atoms with Crippen molar-refractivity contribution in [1.82, 2.24) is 30.4 Å². The van der Waals surface area contributed by atoms with Crippen molar-refractivity contribution in [1.29, 1.82) is 0 Å². The van der Waals surface area contributed by atoms with E-state index in [1.165, 1.54) is 43.4 Å². The molecule has 0 radical (unpaired) electrons. The van der Waals surface area contributed by atoms with Crippen LogP contribution in [0.5, 0.6) is 11.5 Å². The molecule has 0 unspecified atom stereocenters. The zero-order valence-corrected chi connectivity index (χ0v) is 21.9. The minimum absolute atomic E-state index is 0.116. The zero-order chi connectivity index (χ0) is 27.7. The third-order valence-corrected chi connectivity index (χ3v) is 5.80. The highest BCUT2D eigenvalue weighted by Crippen LogP contribution is 2.32. The lowest BCUT2D eigenvalue weighted by Crippen LogP contribution is -2.46. The van der Waals surface area contributed by atoms with Gasteiger partial charge >= 0.3 is 0 Å². The third-order valence-electron chi connectivity index (χ3n) is 5.80. The summed E-state index contributed by atoms with van der Waals surface area (Å²) in [4.78, 5) is 29.3. The molecule has 12 heteroatoms. The number of nitrogens with one attached hydrogen (secondary N) is 1. The number of rotatable bonds is 13. The minimum atomic E-state index is -1.07. The van der Waals surface area contributed by atoms with Crippen LogP contribution in [0.2, 0.25) is 0 Å². The molecule has 11 nitrogen and oxygen atoms in total. The summed E-state index contributed by atoms with van der Waals surface area (Å²) in [6.07, 6.45) is 0.757. The molecule has 0 aliphatic carbocycles. The van der Waals surface area contributed by atoms with Gasteiger partial charge in [-0.25, -0.2) is 4.39 Å². The molecule has 2 N–H and O–H groups in total. The maximum Gasteiger partial charge on any atom is 0.247 e. The molecular formula is C26H33FN6O5.